The number of rotatable bonds is 6. The molecule has 1 atom stereocenters. The summed E-state index contributed by atoms with van der Waals surface area (Å²) in [6, 6.07) is 4.60. The SMILES string of the molecule is NCC(CCC(=O)NC1CC1)c1cccs1. The van der Waals surface area contributed by atoms with Crippen LogP contribution in [0.15, 0.2) is 17.5 Å². The van der Waals surface area contributed by atoms with E-state index in [0.29, 0.717) is 24.9 Å². The zero-order valence-electron chi connectivity index (χ0n) is 9.32. The van der Waals surface area contributed by atoms with E-state index in [4.69, 9.17) is 5.73 Å². The lowest BCUT2D eigenvalue weighted by molar-refractivity contribution is -0.121. The molecule has 1 saturated carbocycles. The molecule has 4 heteroatoms. The molecule has 0 radical (unpaired) electrons. The molecule has 1 aliphatic rings. The van der Waals surface area contributed by atoms with Crippen LogP contribution < -0.4 is 11.1 Å². The maximum absolute atomic E-state index is 11.5. The summed E-state index contributed by atoms with van der Waals surface area (Å²) in [5.41, 5.74) is 5.74. The van der Waals surface area contributed by atoms with Crippen molar-refractivity contribution in [1.29, 1.82) is 0 Å². The first-order chi connectivity index (χ1) is 7.79. The summed E-state index contributed by atoms with van der Waals surface area (Å²) in [7, 11) is 0. The number of hydrogen-bond acceptors (Lipinski definition) is 3. The highest BCUT2D eigenvalue weighted by Gasteiger charge is 2.23. The zero-order chi connectivity index (χ0) is 11.4. The van der Waals surface area contributed by atoms with Gasteiger partial charge in [0, 0.05) is 23.3 Å². The molecule has 1 amide bonds. The highest BCUT2D eigenvalue weighted by atomic mass is 32.1. The molecule has 0 saturated heterocycles. The van der Waals surface area contributed by atoms with Gasteiger partial charge in [-0.2, -0.15) is 0 Å². The van der Waals surface area contributed by atoms with Crippen molar-refractivity contribution in [2.75, 3.05) is 6.54 Å². The predicted octanol–water partition coefficient (Wildman–Crippen LogP) is 1.85. The molecule has 0 bridgehead atoms. The smallest absolute Gasteiger partial charge is 0.220 e. The van der Waals surface area contributed by atoms with E-state index in [1.54, 1.807) is 11.3 Å². The van der Waals surface area contributed by atoms with Gasteiger partial charge in [-0.25, -0.2) is 0 Å². The van der Waals surface area contributed by atoms with Crippen LogP contribution in [-0.4, -0.2) is 18.5 Å². The van der Waals surface area contributed by atoms with Gasteiger partial charge in [-0.1, -0.05) is 6.07 Å². The van der Waals surface area contributed by atoms with Gasteiger partial charge in [-0.15, -0.1) is 11.3 Å². The fourth-order valence-electron chi connectivity index (χ4n) is 1.73. The van der Waals surface area contributed by atoms with Gasteiger partial charge in [0.1, 0.15) is 0 Å². The van der Waals surface area contributed by atoms with Gasteiger partial charge in [0.25, 0.3) is 0 Å². The normalized spacial score (nSPS) is 17.1. The van der Waals surface area contributed by atoms with Crippen molar-refractivity contribution >= 4 is 17.2 Å². The van der Waals surface area contributed by atoms with E-state index >= 15 is 0 Å². The van der Waals surface area contributed by atoms with E-state index in [1.807, 2.05) is 6.07 Å². The van der Waals surface area contributed by atoms with Crippen LogP contribution in [0.2, 0.25) is 0 Å². The first-order valence-electron chi connectivity index (χ1n) is 5.82. The molecule has 1 aromatic heterocycles. The average Bonchev–Trinajstić information content (AvgIpc) is 2.92. The number of nitrogens with one attached hydrogen (secondary N) is 1. The van der Waals surface area contributed by atoms with Gasteiger partial charge >= 0.3 is 0 Å². The van der Waals surface area contributed by atoms with Crippen LogP contribution >= 0.6 is 11.3 Å². The Labute approximate surface area is 100 Å². The van der Waals surface area contributed by atoms with Crippen molar-refractivity contribution in [1.82, 2.24) is 5.32 Å². The minimum Gasteiger partial charge on any atom is -0.353 e. The van der Waals surface area contributed by atoms with E-state index in [1.165, 1.54) is 4.88 Å². The highest BCUT2D eigenvalue weighted by Crippen LogP contribution is 2.25. The third-order valence-corrected chi connectivity index (χ3v) is 3.93. The van der Waals surface area contributed by atoms with E-state index < -0.39 is 0 Å². The lowest BCUT2D eigenvalue weighted by Gasteiger charge is -2.12. The summed E-state index contributed by atoms with van der Waals surface area (Å²) in [4.78, 5) is 12.8. The second-order valence-electron chi connectivity index (χ2n) is 4.33. The Bertz CT molecular complexity index is 333. The third kappa shape index (κ3) is 3.32. The van der Waals surface area contributed by atoms with Crippen molar-refractivity contribution in [3.8, 4) is 0 Å². The molecule has 3 N–H and O–H groups in total. The molecule has 1 unspecified atom stereocenters. The van der Waals surface area contributed by atoms with Gasteiger partial charge in [0.2, 0.25) is 5.91 Å². The van der Waals surface area contributed by atoms with Gasteiger partial charge in [-0.3, -0.25) is 4.79 Å². The predicted molar refractivity (Wildman–Crippen MR) is 66.5 cm³/mol. The third-order valence-electron chi connectivity index (χ3n) is 2.89. The summed E-state index contributed by atoms with van der Waals surface area (Å²) < 4.78 is 0. The van der Waals surface area contributed by atoms with Gasteiger partial charge < -0.3 is 11.1 Å². The molecule has 16 heavy (non-hydrogen) atoms. The maximum atomic E-state index is 11.5. The Morgan fingerprint density at radius 1 is 1.62 bits per heavy atom. The summed E-state index contributed by atoms with van der Waals surface area (Å²) in [5, 5.41) is 5.06. The van der Waals surface area contributed by atoms with Crippen molar-refractivity contribution in [3.05, 3.63) is 22.4 Å². The quantitative estimate of drug-likeness (QED) is 0.794. The zero-order valence-corrected chi connectivity index (χ0v) is 10.1. The van der Waals surface area contributed by atoms with E-state index in [0.717, 1.165) is 19.3 Å². The topological polar surface area (TPSA) is 55.1 Å². The molecule has 0 aromatic carbocycles. The molecule has 1 heterocycles. The molecule has 1 aromatic rings. The largest absolute Gasteiger partial charge is 0.353 e. The number of carbonyl (C=O) groups is 1. The minimum absolute atomic E-state index is 0.178. The summed E-state index contributed by atoms with van der Waals surface area (Å²) >= 11 is 1.72. The van der Waals surface area contributed by atoms with Gasteiger partial charge in [0.05, 0.1) is 0 Å². The number of amides is 1. The summed E-state index contributed by atoms with van der Waals surface area (Å²) in [6.07, 6.45) is 3.75. The molecule has 88 valence electrons. The number of thiophene rings is 1. The number of nitrogens with two attached hydrogens (primary N) is 1. The minimum atomic E-state index is 0.178. The Morgan fingerprint density at radius 3 is 3.00 bits per heavy atom. The molecule has 1 fully saturated rings. The summed E-state index contributed by atoms with van der Waals surface area (Å²) in [5.74, 6) is 0.516. The van der Waals surface area contributed by atoms with Crippen LogP contribution in [0.5, 0.6) is 0 Å². The molecule has 3 nitrogen and oxygen atoms in total. The van der Waals surface area contributed by atoms with Crippen LogP contribution in [0.4, 0.5) is 0 Å². The first-order valence-corrected chi connectivity index (χ1v) is 6.70. The lowest BCUT2D eigenvalue weighted by atomic mass is 10.0. The van der Waals surface area contributed by atoms with E-state index in [2.05, 4.69) is 16.8 Å². The van der Waals surface area contributed by atoms with Crippen LogP contribution in [0.25, 0.3) is 0 Å². The van der Waals surface area contributed by atoms with Crippen LogP contribution in [0, 0.1) is 0 Å². The standard InChI is InChI=1S/C12H18N2OS/c13-8-9(11-2-1-7-16-11)3-6-12(15)14-10-4-5-10/h1-2,7,9-10H,3-6,8,13H2,(H,14,15). The number of carbonyl (C=O) groups excluding carboxylic acids is 1. The Hall–Kier alpha value is -0.870. The van der Waals surface area contributed by atoms with Crippen LogP contribution in [0.1, 0.15) is 36.5 Å². The second kappa shape index (κ2) is 5.46. The Balaban J connectivity index is 1.76. The maximum Gasteiger partial charge on any atom is 0.220 e. The van der Waals surface area contributed by atoms with Gasteiger partial charge in [-0.05, 0) is 37.3 Å². The molecular formula is C12H18N2OS. The molecular weight excluding hydrogens is 220 g/mol. The first kappa shape index (κ1) is 11.6. The Morgan fingerprint density at radius 2 is 2.44 bits per heavy atom. The second-order valence-corrected chi connectivity index (χ2v) is 5.31. The fourth-order valence-corrected chi connectivity index (χ4v) is 2.61. The number of hydrogen-bond donors (Lipinski definition) is 2. The van der Waals surface area contributed by atoms with Crippen molar-refractivity contribution in [2.24, 2.45) is 5.73 Å². The molecule has 0 spiro atoms. The lowest BCUT2D eigenvalue weighted by Crippen LogP contribution is -2.26. The molecule has 1 aliphatic carbocycles. The van der Waals surface area contributed by atoms with Crippen molar-refractivity contribution in [2.45, 2.75) is 37.6 Å². The Kier molecular flexibility index (Phi) is 3.96. The summed E-state index contributed by atoms with van der Waals surface area (Å²) in [6.45, 7) is 0.622. The van der Waals surface area contributed by atoms with Crippen molar-refractivity contribution < 1.29 is 4.79 Å². The highest BCUT2D eigenvalue weighted by molar-refractivity contribution is 7.10. The van der Waals surface area contributed by atoms with Crippen molar-refractivity contribution in [3.63, 3.8) is 0 Å². The van der Waals surface area contributed by atoms with Gasteiger partial charge in [0.15, 0.2) is 0 Å². The average molecular weight is 238 g/mol. The monoisotopic (exact) mass is 238 g/mol. The molecule has 2 rings (SSSR count). The van der Waals surface area contributed by atoms with E-state index in [9.17, 15) is 4.79 Å². The van der Waals surface area contributed by atoms with Crippen LogP contribution in [0.3, 0.4) is 0 Å². The molecule has 0 aliphatic heterocycles. The van der Waals surface area contributed by atoms with Crippen LogP contribution in [-0.2, 0) is 4.79 Å². The fraction of sp³-hybridized carbons (Fsp3) is 0.583. The van der Waals surface area contributed by atoms with E-state index in [-0.39, 0.29) is 5.91 Å².